The van der Waals surface area contributed by atoms with Gasteiger partial charge in [-0.25, -0.2) is 4.98 Å². The normalized spacial score (nSPS) is 11.0. The number of H-pyrrole nitrogens is 1. The van der Waals surface area contributed by atoms with Gasteiger partial charge in [-0.1, -0.05) is 23.7 Å². The van der Waals surface area contributed by atoms with Gasteiger partial charge in [0.25, 0.3) is 0 Å². The zero-order valence-electron chi connectivity index (χ0n) is 13.7. The third kappa shape index (κ3) is 3.63. The molecule has 0 aliphatic carbocycles. The standard InChI is InChI=1S/C18H20ClN3O2/c1-23-16-9-12(13(19)10-17(16)24-2)11-20-8-7-18-21-14-5-3-4-6-15(14)22-18/h3-6,9-10,20H,7-8,11H2,1-2H3,(H,21,22). The van der Waals surface area contributed by atoms with Crippen molar-refractivity contribution in [3.05, 3.63) is 52.8 Å². The van der Waals surface area contributed by atoms with E-state index < -0.39 is 0 Å². The predicted molar refractivity (Wildman–Crippen MR) is 96.1 cm³/mol. The van der Waals surface area contributed by atoms with Gasteiger partial charge in [-0.2, -0.15) is 0 Å². The van der Waals surface area contributed by atoms with Gasteiger partial charge in [0, 0.05) is 30.6 Å². The van der Waals surface area contributed by atoms with Gasteiger partial charge in [0.05, 0.1) is 25.3 Å². The number of halogens is 1. The van der Waals surface area contributed by atoms with Crippen molar-refractivity contribution in [1.29, 1.82) is 0 Å². The topological polar surface area (TPSA) is 59.2 Å². The minimum atomic E-state index is 0.633. The van der Waals surface area contributed by atoms with Crippen LogP contribution >= 0.6 is 11.6 Å². The quantitative estimate of drug-likeness (QED) is 0.643. The summed E-state index contributed by atoms with van der Waals surface area (Å²) < 4.78 is 10.6. The number of nitrogens with one attached hydrogen (secondary N) is 2. The van der Waals surface area contributed by atoms with E-state index in [0.29, 0.717) is 23.1 Å². The minimum Gasteiger partial charge on any atom is -0.493 e. The SMILES string of the molecule is COc1cc(Cl)c(CNCCc2nc3ccccc3[nH]2)cc1OC. The number of methoxy groups -OCH3 is 2. The molecule has 1 heterocycles. The number of fused-ring (bicyclic) bond motifs is 1. The number of rotatable bonds is 7. The van der Waals surface area contributed by atoms with E-state index in [1.807, 2.05) is 30.3 Å². The molecule has 3 rings (SSSR count). The van der Waals surface area contributed by atoms with Crippen LogP contribution in [0.5, 0.6) is 11.5 Å². The highest BCUT2D eigenvalue weighted by Crippen LogP contribution is 2.32. The van der Waals surface area contributed by atoms with Gasteiger partial charge in [-0.15, -0.1) is 0 Å². The molecule has 0 amide bonds. The van der Waals surface area contributed by atoms with Crippen LogP contribution in [0.15, 0.2) is 36.4 Å². The number of ether oxygens (including phenoxy) is 2. The van der Waals surface area contributed by atoms with Gasteiger partial charge in [-0.3, -0.25) is 0 Å². The zero-order chi connectivity index (χ0) is 16.9. The molecule has 0 saturated heterocycles. The van der Waals surface area contributed by atoms with Crippen LogP contribution in [0.3, 0.4) is 0 Å². The Hall–Kier alpha value is -2.24. The second-order valence-corrected chi connectivity index (χ2v) is 5.83. The Morgan fingerprint density at radius 3 is 2.62 bits per heavy atom. The summed E-state index contributed by atoms with van der Waals surface area (Å²) in [5, 5.41) is 4.04. The maximum Gasteiger partial charge on any atom is 0.162 e. The summed E-state index contributed by atoms with van der Waals surface area (Å²) >= 11 is 6.29. The van der Waals surface area contributed by atoms with Gasteiger partial charge >= 0.3 is 0 Å². The van der Waals surface area contributed by atoms with Crippen LogP contribution in [0.4, 0.5) is 0 Å². The van der Waals surface area contributed by atoms with Crippen molar-refractivity contribution in [2.24, 2.45) is 0 Å². The third-order valence-electron chi connectivity index (χ3n) is 3.85. The van der Waals surface area contributed by atoms with Crippen molar-refractivity contribution in [2.75, 3.05) is 20.8 Å². The second-order valence-electron chi connectivity index (χ2n) is 5.43. The fraction of sp³-hybridized carbons (Fsp3) is 0.278. The summed E-state index contributed by atoms with van der Waals surface area (Å²) in [5.74, 6) is 2.28. The smallest absolute Gasteiger partial charge is 0.162 e. The Bertz CT molecular complexity index is 799. The van der Waals surface area contributed by atoms with Crippen molar-refractivity contribution < 1.29 is 9.47 Å². The van der Waals surface area contributed by atoms with E-state index in [4.69, 9.17) is 21.1 Å². The van der Waals surface area contributed by atoms with Gasteiger partial charge in [0.1, 0.15) is 5.82 Å². The second kappa shape index (κ2) is 7.55. The Morgan fingerprint density at radius 1 is 1.12 bits per heavy atom. The molecule has 0 fully saturated rings. The first-order chi connectivity index (χ1) is 11.7. The number of para-hydroxylation sites is 2. The first kappa shape index (κ1) is 16.6. The van der Waals surface area contributed by atoms with Crippen LogP contribution in [0, 0.1) is 0 Å². The largest absolute Gasteiger partial charge is 0.493 e. The molecule has 24 heavy (non-hydrogen) atoms. The van der Waals surface area contributed by atoms with E-state index >= 15 is 0 Å². The Kier molecular flexibility index (Phi) is 5.23. The zero-order valence-corrected chi connectivity index (χ0v) is 14.5. The van der Waals surface area contributed by atoms with Gasteiger partial charge in [-0.05, 0) is 23.8 Å². The molecule has 0 bridgehead atoms. The van der Waals surface area contributed by atoms with E-state index in [2.05, 4.69) is 15.3 Å². The van der Waals surface area contributed by atoms with E-state index in [1.165, 1.54) is 0 Å². The maximum absolute atomic E-state index is 6.29. The molecule has 0 saturated carbocycles. The molecule has 5 nitrogen and oxygen atoms in total. The van der Waals surface area contributed by atoms with Crippen molar-refractivity contribution in [2.45, 2.75) is 13.0 Å². The molecule has 1 aromatic heterocycles. The highest BCUT2D eigenvalue weighted by atomic mass is 35.5. The first-order valence-electron chi connectivity index (χ1n) is 7.76. The van der Waals surface area contributed by atoms with Gasteiger partial charge in [0.2, 0.25) is 0 Å². The molecule has 0 aliphatic heterocycles. The summed E-state index contributed by atoms with van der Waals surface area (Å²) in [6.45, 7) is 1.45. The summed E-state index contributed by atoms with van der Waals surface area (Å²) in [6.07, 6.45) is 0.819. The molecule has 3 aromatic rings. The van der Waals surface area contributed by atoms with Crippen molar-refractivity contribution in [3.63, 3.8) is 0 Å². The van der Waals surface area contributed by atoms with Crippen molar-refractivity contribution >= 4 is 22.6 Å². The van der Waals surface area contributed by atoms with Crippen LogP contribution in [0.1, 0.15) is 11.4 Å². The molecular formula is C18H20ClN3O2. The van der Waals surface area contributed by atoms with E-state index in [1.54, 1.807) is 20.3 Å². The van der Waals surface area contributed by atoms with Crippen LogP contribution in [0.25, 0.3) is 11.0 Å². The minimum absolute atomic E-state index is 0.633. The monoisotopic (exact) mass is 345 g/mol. The molecule has 2 aromatic carbocycles. The van der Waals surface area contributed by atoms with Crippen molar-refractivity contribution in [1.82, 2.24) is 15.3 Å². The molecular weight excluding hydrogens is 326 g/mol. The van der Waals surface area contributed by atoms with Gasteiger partial charge < -0.3 is 19.8 Å². The third-order valence-corrected chi connectivity index (χ3v) is 4.20. The number of aromatic amines is 1. The Balaban J connectivity index is 1.58. The number of benzene rings is 2. The average Bonchev–Trinajstić information content (AvgIpc) is 3.02. The molecule has 0 radical (unpaired) electrons. The lowest BCUT2D eigenvalue weighted by Gasteiger charge is -2.12. The van der Waals surface area contributed by atoms with E-state index in [-0.39, 0.29) is 0 Å². The molecule has 2 N–H and O–H groups in total. The van der Waals surface area contributed by atoms with Crippen LogP contribution in [-0.2, 0) is 13.0 Å². The highest BCUT2D eigenvalue weighted by molar-refractivity contribution is 6.31. The van der Waals surface area contributed by atoms with Crippen LogP contribution < -0.4 is 14.8 Å². The fourth-order valence-electron chi connectivity index (χ4n) is 2.59. The summed E-state index contributed by atoms with van der Waals surface area (Å²) in [5.41, 5.74) is 3.03. The summed E-state index contributed by atoms with van der Waals surface area (Å²) in [4.78, 5) is 7.89. The highest BCUT2D eigenvalue weighted by Gasteiger charge is 2.09. The molecule has 126 valence electrons. The number of nitrogens with zero attached hydrogens (tertiary/aromatic N) is 1. The number of aromatic nitrogens is 2. The molecule has 6 heteroatoms. The molecule has 0 atom stereocenters. The molecule has 0 unspecified atom stereocenters. The lowest BCUT2D eigenvalue weighted by Crippen LogP contribution is -2.17. The van der Waals surface area contributed by atoms with E-state index in [9.17, 15) is 0 Å². The van der Waals surface area contributed by atoms with Crippen LogP contribution in [-0.4, -0.2) is 30.7 Å². The number of hydrogen-bond acceptors (Lipinski definition) is 4. The number of hydrogen-bond donors (Lipinski definition) is 2. The Labute approximate surface area is 146 Å². The Morgan fingerprint density at radius 2 is 1.88 bits per heavy atom. The number of imidazole rings is 1. The predicted octanol–water partition coefficient (Wildman–Crippen LogP) is 3.57. The van der Waals surface area contributed by atoms with Gasteiger partial charge in [0.15, 0.2) is 11.5 Å². The molecule has 0 aliphatic rings. The van der Waals surface area contributed by atoms with Crippen molar-refractivity contribution in [3.8, 4) is 11.5 Å². The van der Waals surface area contributed by atoms with Crippen LogP contribution in [0.2, 0.25) is 5.02 Å². The fourth-order valence-corrected chi connectivity index (χ4v) is 2.81. The average molecular weight is 346 g/mol. The molecule has 0 spiro atoms. The lowest BCUT2D eigenvalue weighted by molar-refractivity contribution is 0.354. The first-order valence-corrected chi connectivity index (χ1v) is 8.14. The lowest BCUT2D eigenvalue weighted by atomic mass is 10.2. The summed E-state index contributed by atoms with van der Waals surface area (Å²) in [7, 11) is 3.21. The summed E-state index contributed by atoms with van der Waals surface area (Å²) in [6, 6.07) is 11.7. The van der Waals surface area contributed by atoms with E-state index in [0.717, 1.165) is 35.4 Å². The maximum atomic E-state index is 6.29.